The zero-order valence-electron chi connectivity index (χ0n) is 9.54. The highest BCUT2D eigenvalue weighted by molar-refractivity contribution is 5.12. The van der Waals surface area contributed by atoms with E-state index in [9.17, 15) is 0 Å². The summed E-state index contributed by atoms with van der Waals surface area (Å²) in [5, 5.41) is 3.37. The fourth-order valence-electron chi connectivity index (χ4n) is 1.42. The second-order valence-corrected chi connectivity index (χ2v) is 3.38. The highest BCUT2D eigenvalue weighted by Gasteiger charge is 2.08. The maximum atomic E-state index is 4.32. The van der Waals surface area contributed by atoms with Gasteiger partial charge in [-0.25, -0.2) is 0 Å². The Balaban J connectivity index is 2.49. The number of hydrogen-bond acceptors (Lipinski definition) is 3. The van der Waals surface area contributed by atoms with Gasteiger partial charge in [0.05, 0.1) is 11.4 Å². The van der Waals surface area contributed by atoms with Crippen LogP contribution in [-0.4, -0.2) is 16.5 Å². The van der Waals surface area contributed by atoms with Crippen LogP contribution in [0.25, 0.3) is 0 Å². The van der Waals surface area contributed by atoms with Gasteiger partial charge in [-0.05, 0) is 20.8 Å². The Kier molecular flexibility index (Phi) is 4.79. The molecule has 0 aromatic carbocycles. The predicted molar refractivity (Wildman–Crippen MR) is 61.3 cm³/mol. The standard InChI is InChI=1S/C12H17N3/c1-4-5-6-7-13-10(2)12-11(3)14-8-9-15-12/h8-10,13H,6-7H2,1-3H3. The van der Waals surface area contributed by atoms with Crippen LogP contribution in [0.4, 0.5) is 0 Å². The SMILES string of the molecule is CC#CCCNC(C)c1nccnc1C. The molecule has 1 N–H and O–H groups in total. The zero-order chi connectivity index (χ0) is 11.1. The van der Waals surface area contributed by atoms with E-state index < -0.39 is 0 Å². The van der Waals surface area contributed by atoms with Gasteiger partial charge in [0.15, 0.2) is 0 Å². The third-order valence-corrected chi connectivity index (χ3v) is 2.21. The van der Waals surface area contributed by atoms with E-state index in [0.29, 0.717) is 0 Å². The van der Waals surface area contributed by atoms with E-state index in [2.05, 4.69) is 34.0 Å². The smallest absolute Gasteiger partial charge is 0.0782 e. The Morgan fingerprint density at radius 2 is 2.13 bits per heavy atom. The molecule has 0 fully saturated rings. The maximum absolute atomic E-state index is 4.32. The quantitative estimate of drug-likeness (QED) is 0.599. The van der Waals surface area contributed by atoms with Crippen LogP contribution in [0.15, 0.2) is 12.4 Å². The Morgan fingerprint density at radius 3 is 2.80 bits per heavy atom. The summed E-state index contributed by atoms with van der Waals surface area (Å²) >= 11 is 0. The van der Waals surface area contributed by atoms with Gasteiger partial charge in [-0.3, -0.25) is 9.97 Å². The number of nitrogens with zero attached hydrogens (tertiary/aromatic N) is 2. The molecule has 0 amide bonds. The van der Waals surface area contributed by atoms with Crippen molar-refractivity contribution in [1.82, 2.24) is 15.3 Å². The van der Waals surface area contributed by atoms with Crippen molar-refractivity contribution in [3.8, 4) is 11.8 Å². The third-order valence-electron chi connectivity index (χ3n) is 2.21. The number of aromatic nitrogens is 2. The molecule has 0 radical (unpaired) electrons. The molecule has 0 aliphatic heterocycles. The van der Waals surface area contributed by atoms with Gasteiger partial charge in [0.1, 0.15) is 0 Å². The summed E-state index contributed by atoms with van der Waals surface area (Å²) in [7, 11) is 0. The fraction of sp³-hybridized carbons (Fsp3) is 0.500. The Labute approximate surface area is 91.3 Å². The Morgan fingerprint density at radius 1 is 1.40 bits per heavy atom. The minimum atomic E-state index is 0.234. The first kappa shape index (κ1) is 11.7. The van der Waals surface area contributed by atoms with Crippen molar-refractivity contribution in [2.45, 2.75) is 33.2 Å². The second kappa shape index (κ2) is 6.15. The van der Waals surface area contributed by atoms with Crippen molar-refractivity contribution < 1.29 is 0 Å². The minimum Gasteiger partial charge on any atom is -0.308 e. The lowest BCUT2D eigenvalue weighted by molar-refractivity contribution is 0.564. The van der Waals surface area contributed by atoms with E-state index in [0.717, 1.165) is 24.4 Å². The summed E-state index contributed by atoms with van der Waals surface area (Å²) in [6.45, 7) is 6.82. The molecule has 1 aromatic rings. The molecule has 0 spiro atoms. The highest BCUT2D eigenvalue weighted by Crippen LogP contribution is 2.10. The van der Waals surface area contributed by atoms with Crippen molar-refractivity contribution >= 4 is 0 Å². The van der Waals surface area contributed by atoms with Crippen LogP contribution < -0.4 is 5.32 Å². The van der Waals surface area contributed by atoms with E-state index in [-0.39, 0.29) is 6.04 Å². The minimum absolute atomic E-state index is 0.234. The van der Waals surface area contributed by atoms with E-state index in [1.54, 1.807) is 12.4 Å². The monoisotopic (exact) mass is 203 g/mol. The third kappa shape index (κ3) is 3.69. The molecule has 1 atom stereocenters. The second-order valence-electron chi connectivity index (χ2n) is 3.38. The van der Waals surface area contributed by atoms with E-state index in [1.165, 1.54) is 0 Å². The van der Waals surface area contributed by atoms with Gasteiger partial charge in [-0.15, -0.1) is 11.8 Å². The molecule has 0 bridgehead atoms. The number of rotatable bonds is 4. The van der Waals surface area contributed by atoms with E-state index in [1.807, 2.05) is 13.8 Å². The Bertz CT molecular complexity index is 363. The molecule has 0 saturated carbocycles. The van der Waals surface area contributed by atoms with Gasteiger partial charge >= 0.3 is 0 Å². The van der Waals surface area contributed by atoms with Gasteiger partial charge < -0.3 is 5.32 Å². The molecule has 1 unspecified atom stereocenters. The summed E-state index contributed by atoms with van der Waals surface area (Å²) < 4.78 is 0. The number of hydrogen-bond donors (Lipinski definition) is 1. The highest BCUT2D eigenvalue weighted by atomic mass is 14.9. The van der Waals surface area contributed by atoms with E-state index >= 15 is 0 Å². The van der Waals surface area contributed by atoms with Crippen LogP contribution in [0.2, 0.25) is 0 Å². The van der Waals surface area contributed by atoms with Gasteiger partial charge in [-0.2, -0.15) is 0 Å². The zero-order valence-corrected chi connectivity index (χ0v) is 9.54. The van der Waals surface area contributed by atoms with Gasteiger partial charge in [0.2, 0.25) is 0 Å². The summed E-state index contributed by atoms with van der Waals surface area (Å²) in [5.74, 6) is 5.90. The molecule has 0 saturated heterocycles. The molecule has 3 heteroatoms. The first-order chi connectivity index (χ1) is 7.25. The van der Waals surface area contributed by atoms with Crippen LogP contribution >= 0.6 is 0 Å². The van der Waals surface area contributed by atoms with Crippen molar-refractivity contribution in [3.63, 3.8) is 0 Å². The van der Waals surface area contributed by atoms with Gasteiger partial charge in [-0.1, -0.05) is 0 Å². The topological polar surface area (TPSA) is 37.8 Å². The summed E-state index contributed by atoms with van der Waals surface area (Å²) in [4.78, 5) is 8.53. The molecule has 1 heterocycles. The maximum Gasteiger partial charge on any atom is 0.0782 e. The molecule has 80 valence electrons. The molecule has 1 rings (SSSR count). The summed E-state index contributed by atoms with van der Waals surface area (Å²) in [6, 6.07) is 0.234. The first-order valence-corrected chi connectivity index (χ1v) is 5.16. The van der Waals surface area contributed by atoms with Crippen molar-refractivity contribution in [3.05, 3.63) is 23.8 Å². The average Bonchev–Trinajstić information content (AvgIpc) is 2.25. The van der Waals surface area contributed by atoms with Crippen LogP contribution in [0.3, 0.4) is 0 Å². The van der Waals surface area contributed by atoms with Gasteiger partial charge in [0, 0.05) is 31.4 Å². The van der Waals surface area contributed by atoms with Crippen molar-refractivity contribution in [2.75, 3.05) is 6.54 Å². The molecule has 0 aliphatic carbocycles. The largest absolute Gasteiger partial charge is 0.308 e. The lowest BCUT2D eigenvalue weighted by Gasteiger charge is -2.13. The first-order valence-electron chi connectivity index (χ1n) is 5.16. The van der Waals surface area contributed by atoms with Crippen molar-refractivity contribution in [2.24, 2.45) is 0 Å². The van der Waals surface area contributed by atoms with Gasteiger partial charge in [0.25, 0.3) is 0 Å². The van der Waals surface area contributed by atoms with Crippen LogP contribution in [-0.2, 0) is 0 Å². The molecule has 1 aromatic heterocycles. The molecule has 3 nitrogen and oxygen atoms in total. The summed E-state index contributed by atoms with van der Waals surface area (Å²) in [6.07, 6.45) is 4.32. The lowest BCUT2D eigenvalue weighted by Crippen LogP contribution is -2.21. The molecule has 0 aliphatic rings. The van der Waals surface area contributed by atoms with Crippen LogP contribution in [0.5, 0.6) is 0 Å². The lowest BCUT2D eigenvalue weighted by atomic mass is 10.2. The summed E-state index contributed by atoms with van der Waals surface area (Å²) in [5.41, 5.74) is 2.00. The number of aryl methyl sites for hydroxylation is 1. The fourth-order valence-corrected chi connectivity index (χ4v) is 1.42. The van der Waals surface area contributed by atoms with Crippen LogP contribution in [0.1, 0.15) is 37.7 Å². The molecular formula is C12H17N3. The Hall–Kier alpha value is -1.40. The van der Waals surface area contributed by atoms with Crippen molar-refractivity contribution in [1.29, 1.82) is 0 Å². The molecule has 15 heavy (non-hydrogen) atoms. The van der Waals surface area contributed by atoms with Crippen LogP contribution in [0, 0.1) is 18.8 Å². The number of nitrogens with one attached hydrogen (secondary N) is 1. The average molecular weight is 203 g/mol. The van der Waals surface area contributed by atoms with E-state index in [4.69, 9.17) is 0 Å². The normalized spacial score (nSPS) is 11.7. The predicted octanol–water partition coefficient (Wildman–Crippen LogP) is 1.85. The molecular weight excluding hydrogens is 186 g/mol.